The van der Waals surface area contributed by atoms with Crippen LogP contribution in [0.2, 0.25) is 0 Å². The summed E-state index contributed by atoms with van der Waals surface area (Å²) >= 11 is 0. The maximum absolute atomic E-state index is 14.8. The smallest absolute Gasteiger partial charge is 0.343 e. The predicted octanol–water partition coefficient (Wildman–Crippen LogP) is 37.2. The molecular formula is C140H129N3O6. The second-order valence-corrected chi connectivity index (χ2v) is 43.9. The summed E-state index contributed by atoms with van der Waals surface area (Å²) in [5, 5.41) is 0. The van der Waals surface area contributed by atoms with Gasteiger partial charge in [-0.2, -0.15) is 0 Å². The zero-order valence-corrected chi connectivity index (χ0v) is 87.6. The quantitative estimate of drug-likeness (QED) is 0.0227. The average molecular weight is 1950 g/mol. The SMILES string of the molecule is CC(C)CC1(CC(C)C)c2ccccc2-c2ccc(N(c3ccc(C(=O)Oc4ccc(C(C)(c5ccc(OC(=O)c6ccc(N(c7ccc(-c8ccccc8)cc7)c7ccc8c(c7)C(CC(C)C)(CC(C)C)c7ccccc7-8)cc6)cc5)c5ccc(OC(=O)c6ccc(N(c7ccc(-c8ccccc8)cc7)c7ccc8c(c7)C(CC(C)C)(CC(C)C)c7ccccc7-8)cc6)cc5)cc4)cc3)c3ccc(-c4ccccc4)cc3)cc21. The van der Waals surface area contributed by atoms with E-state index in [4.69, 9.17) is 14.2 Å². The third-order valence-electron chi connectivity index (χ3n) is 30.8. The van der Waals surface area contributed by atoms with E-state index in [1.165, 1.54) is 66.8 Å². The molecule has 0 saturated heterocycles. The minimum Gasteiger partial charge on any atom is -0.423 e. The molecule has 0 amide bonds. The number of benzene rings is 18. The fraction of sp³-hybridized carbons (Fsp3) is 0.207. The number of ether oxygens (including phenoxy) is 3. The summed E-state index contributed by atoms with van der Waals surface area (Å²) in [7, 11) is 0. The van der Waals surface area contributed by atoms with Gasteiger partial charge in [-0.05, 0) is 380 Å². The number of hydrogen-bond donors (Lipinski definition) is 0. The van der Waals surface area contributed by atoms with E-state index in [2.05, 4.69) is 378 Å². The molecule has 740 valence electrons. The summed E-state index contributed by atoms with van der Waals surface area (Å²) in [5.41, 5.74) is 33.8. The lowest BCUT2D eigenvalue weighted by atomic mass is 9.68. The zero-order chi connectivity index (χ0) is 103. The van der Waals surface area contributed by atoms with Crippen molar-refractivity contribution in [1.29, 1.82) is 0 Å². The van der Waals surface area contributed by atoms with Gasteiger partial charge >= 0.3 is 17.9 Å². The van der Waals surface area contributed by atoms with Crippen molar-refractivity contribution in [3.8, 4) is 84.0 Å². The van der Waals surface area contributed by atoms with Gasteiger partial charge in [0.1, 0.15) is 17.2 Å². The summed E-state index contributed by atoms with van der Waals surface area (Å²) in [6, 6.07) is 152. The Morgan fingerprint density at radius 2 is 0.396 bits per heavy atom. The van der Waals surface area contributed by atoms with Crippen LogP contribution in [0.25, 0.3) is 66.8 Å². The van der Waals surface area contributed by atoms with E-state index in [9.17, 15) is 14.4 Å². The van der Waals surface area contributed by atoms with Gasteiger partial charge in [0, 0.05) is 72.8 Å². The highest BCUT2D eigenvalue weighted by molar-refractivity contribution is 5.97. The van der Waals surface area contributed by atoms with E-state index in [0.29, 0.717) is 69.4 Å². The molecule has 0 bridgehead atoms. The first-order chi connectivity index (χ1) is 72.3. The number of hydrogen-bond acceptors (Lipinski definition) is 9. The van der Waals surface area contributed by atoms with Gasteiger partial charge in [-0.3, -0.25) is 0 Å². The summed E-state index contributed by atoms with van der Waals surface area (Å²) in [6.07, 6.45) is 6.11. The molecule has 0 spiro atoms. The lowest BCUT2D eigenvalue weighted by Crippen LogP contribution is -2.29. The molecule has 0 saturated carbocycles. The van der Waals surface area contributed by atoms with E-state index >= 15 is 0 Å². The van der Waals surface area contributed by atoms with E-state index < -0.39 is 23.3 Å². The molecule has 149 heavy (non-hydrogen) atoms. The zero-order valence-electron chi connectivity index (χ0n) is 87.6. The third kappa shape index (κ3) is 19.5. The Morgan fingerprint density at radius 1 is 0.208 bits per heavy atom. The number of esters is 3. The van der Waals surface area contributed by atoms with Gasteiger partial charge in [-0.1, -0.05) is 338 Å². The lowest BCUT2D eigenvalue weighted by Gasteiger charge is -2.36. The Bertz CT molecular complexity index is 7100. The molecular weight excluding hydrogens is 1820 g/mol. The lowest BCUT2D eigenvalue weighted by molar-refractivity contribution is 0.0725. The van der Waals surface area contributed by atoms with Gasteiger partial charge < -0.3 is 28.9 Å². The molecule has 9 heteroatoms. The van der Waals surface area contributed by atoms with Gasteiger partial charge in [0.25, 0.3) is 0 Å². The van der Waals surface area contributed by atoms with Crippen LogP contribution in [0.4, 0.5) is 51.2 Å². The molecule has 0 unspecified atom stereocenters. The number of rotatable bonds is 33. The minimum atomic E-state index is -0.919. The Kier molecular flexibility index (Phi) is 27.6. The van der Waals surface area contributed by atoms with Crippen LogP contribution in [0, 0.1) is 35.5 Å². The molecule has 9 nitrogen and oxygen atoms in total. The fourth-order valence-electron chi connectivity index (χ4n) is 24.9. The maximum Gasteiger partial charge on any atom is 0.343 e. The van der Waals surface area contributed by atoms with Crippen molar-refractivity contribution in [1.82, 2.24) is 0 Å². The van der Waals surface area contributed by atoms with Crippen molar-refractivity contribution < 1.29 is 28.6 Å². The van der Waals surface area contributed by atoms with Crippen molar-refractivity contribution in [2.45, 2.75) is 150 Å². The summed E-state index contributed by atoms with van der Waals surface area (Å²) in [4.78, 5) is 51.2. The van der Waals surface area contributed by atoms with Crippen molar-refractivity contribution in [3.05, 3.63) is 504 Å². The van der Waals surface area contributed by atoms with Gasteiger partial charge in [-0.25, -0.2) is 14.4 Å². The number of nitrogens with zero attached hydrogens (tertiary/aromatic N) is 3. The first-order valence-corrected chi connectivity index (χ1v) is 53.2. The van der Waals surface area contributed by atoms with Crippen LogP contribution in [-0.4, -0.2) is 17.9 Å². The molecule has 0 radical (unpaired) electrons. The second kappa shape index (κ2) is 41.6. The maximum atomic E-state index is 14.8. The Labute approximate surface area is 879 Å². The van der Waals surface area contributed by atoms with Crippen LogP contribution >= 0.6 is 0 Å². The fourth-order valence-corrected chi connectivity index (χ4v) is 24.9. The molecule has 0 aliphatic heterocycles. The molecule has 0 N–H and O–H groups in total. The van der Waals surface area contributed by atoms with Crippen LogP contribution in [0.1, 0.15) is 210 Å². The van der Waals surface area contributed by atoms with Crippen LogP contribution in [0.3, 0.4) is 0 Å². The summed E-state index contributed by atoms with van der Waals surface area (Å²) in [6.45, 7) is 30.3. The normalized spacial score (nSPS) is 13.2. The van der Waals surface area contributed by atoms with Crippen molar-refractivity contribution in [2.75, 3.05) is 14.7 Å². The van der Waals surface area contributed by atoms with Crippen LogP contribution in [0.5, 0.6) is 17.2 Å². The molecule has 0 heterocycles. The summed E-state index contributed by atoms with van der Waals surface area (Å²) in [5.74, 6) is 2.25. The van der Waals surface area contributed by atoms with E-state index in [1.54, 1.807) is 0 Å². The van der Waals surface area contributed by atoms with Gasteiger partial charge in [-0.15, -0.1) is 0 Å². The Hall–Kier alpha value is -16.2. The van der Waals surface area contributed by atoms with E-state index in [-0.39, 0.29) is 16.2 Å². The number of carbonyl (C=O) groups excluding carboxylic acids is 3. The molecule has 0 aromatic heterocycles. The van der Waals surface area contributed by atoms with Crippen molar-refractivity contribution >= 4 is 69.1 Å². The standard InChI is InChI=1S/C140H129N3O6/c1-92(2)86-138(87-93(3)4)128-38-26-23-35-122(128)125-80-71-116(83-131(125)138)141(110-59-41-101(42-60-110)98-29-17-14-18-30-98)113-65-47-104(48-66-113)134(144)147-119-74-53-107(54-75-119)137(13,108-55-76-120(77-56-108)148-135(145)105-49-67-114(68-50-105)142(111-61-43-102(44-62-111)99-31-19-15-20-32-99)117-72-81-126-123-36-24-27-39-129(123)139(88-94(5)6,89-95(7)8)132(126)84-117)109-57-78-121(79-58-109)149-136(146)106-51-69-115(70-52-106)143(112-63-45-103(46-64-112)100-33-21-16-22-34-100)118-73-82-127-124-37-25-28-40-130(124)140(90-96(9)10,91-97(11)12)133(127)85-118/h14-85,92-97H,86-91H2,1-13H3. The van der Waals surface area contributed by atoms with E-state index in [1.807, 2.05) is 164 Å². The van der Waals surface area contributed by atoms with Crippen LogP contribution in [0.15, 0.2) is 437 Å². The number of anilines is 9. The topological polar surface area (TPSA) is 88.6 Å². The molecule has 0 atom stereocenters. The first kappa shape index (κ1) is 98.8. The van der Waals surface area contributed by atoms with Gasteiger partial charge in [0.05, 0.1) is 16.7 Å². The van der Waals surface area contributed by atoms with Crippen molar-refractivity contribution in [2.24, 2.45) is 35.5 Å². The Morgan fingerprint density at radius 3 is 0.617 bits per heavy atom. The minimum absolute atomic E-state index is 0.181. The van der Waals surface area contributed by atoms with Crippen LogP contribution in [-0.2, 0) is 21.7 Å². The first-order valence-electron chi connectivity index (χ1n) is 53.2. The largest absolute Gasteiger partial charge is 0.423 e. The average Bonchev–Trinajstić information content (AvgIpc) is 1.56. The molecule has 18 aromatic rings. The number of carbonyl (C=O) groups is 3. The molecule has 18 aromatic carbocycles. The van der Waals surface area contributed by atoms with Gasteiger partial charge in [0.15, 0.2) is 0 Å². The highest BCUT2D eigenvalue weighted by atomic mass is 16.5. The van der Waals surface area contributed by atoms with Gasteiger partial charge in [0.2, 0.25) is 0 Å². The summed E-state index contributed by atoms with van der Waals surface area (Å²) < 4.78 is 19.1. The second-order valence-electron chi connectivity index (χ2n) is 43.9. The van der Waals surface area contributed by atoms with Crippen molar-refractivity contribution in [3.63, 3.8) is 0 Å². The highest BCUT2D eigenvalue weighted by Crippen LogP contribution is 2.61. The number of fused-ring (bicyclic) bond motifs is 9. The molecule has 0 fully saturated rings. The predicted molar refractivity (Wildman–Crippen MR) is 615 cm³/mol. The molecule has 3 aliphatic carbocycles. The molecule has 21 rings (SSSR count). The third-order valence-corrected chi connectivity index (χ3v) is 30.8. The van der Waals surface area contributed by atoms with E-state index in [0.717, 1.165) is 140 Å². The molecule has 3 aliphatic rings. The van der Waals surface area contributed by atoms with Crippen LogP contribution < -0.4 is 28.9 Å². The highest BCUT2D eigenvalue weighted by Gasteiger charge is 2.48. The monoisotopic (exact) mass is 1950 g/mol. The Balaban J connectivity index is 0.582.